The zero-order valence-electron chi connectivity index (χ0n) is 12.7. The zero-order valence-corrected chi connectivity index (χ0v) is 12.7. The van der Waals surface area contributed by atoms with Crippen molar-refractivity contribution in [3.8, 4) is 0 Å². The summed E-state index contributed by atoms with van der Waals surface area (Å²) < 4.78 is 11.8. The van der Waals surface area contributed by atoms with E-state index in [4.69, 9.17) is 9.15 Å². The van der Waals surface area contributed by atoms with Gasteiger partial charge in [0.15, 0.2) is 0 Å². The Morgan fingerprint density at radius 3 is 2.85 bits per heavy atom. The van der Waals surface area contributed by atoms with E-state index in [-0.39, 0.29) is 11.6 Å². The molecule has 4 nitrogen and oxygen atoms in total. The molecule has 1 aliphatic heterocycles. The maximum atomic E-state index is 6.15. The maximum absolute atomic E-state index is 6.15. The van der Waals surface area contributed by atoms with Gasteiger partial charge in [0.05, 0.1) is 17.8 Å². The van der Waals surface area contributed by atoms with Gasteiger partial charge in [-0.25, -0.2) is 4.98 Å². The molecule has 0 aromatic carbocycles. The van der Waals surface area contributed by atoms with E-state index < -0.39 is 0 Å². The van der Waals surface area contributed by atoms with Crippen molar-refractivity contribution < 1.29 is 9.15 Å². The minimum absolute atomic E-state index is 0.153. The van der Waals surface area contributed by atoms with Crippen LogP contribution in [0.1, 0.15) is 69.6 Å². The summed E-state index contributed by atoms with van der Waals surface area (Å²) in [6.07, 6.45) is 10.5. The molecule has 1 aliphatic carbocycles. The molecule has 1 N–H and O–H groups in total. The Morgan fingerprint density at radius 2 is 2.15 bits per heavy atom. The summed E-state index contributed by atoms with van der Waals surface area (Å²) in [5, 5.41) is 3.68. The van der Waals surface area contributed by atoms with Crippen LogP contribution >= 0.6 is 0 Å². The van der Waals surface area contributed by atoms with Gasteiger partial charge in [0.1, 0.15) is 5.76 Å². The Morgan fingerprint density at radius 1 is 1.35 bits per heavy atom. The number of hydrogen-bond donors (Lipinski definition) is 1. The number of ether oxygens (including phenoxy) is 1. The van der Waals surface area contributed by atoms with E-state index in [1.54, 1.807) is 6.20 Å². The standard InChI is InChI=1S/C16H26N2O2/c1-12-11-17-15(20-12)13(2)18-14-6-9-19-16(10-14)7-4-3-5-8-16/h11,13-14,18H,3-10H2,1-2H3. The summed E-state index contributed by atoms with van der Waals surface area (Å²) in [6, 6.07) is 0.691. The largest absolute Gasteiger partial charge is 0.444 e. The van der Waals surface area contributed by atoms with Crippen molar-refractivity contribution in [2.24, 2.45) is 0 Å². The average Bonchev–Trinajstić information content (AvgIpc) is 2.86. The Balaban J connectivity index is 1.59. The van der Waals surface area contributed by atoms with Gasteiger partial charge in [0.2, 0.25) is 5.89 Å². The number of aryl methyl sites for hydroxylation is 1. The van der Waals surface area contributed by atoms with E-state index in [2.05, 4.69) is 17.2 Å². The predicted molar refractivity (Wildman–Crippen MR) is 77.6 cm³/mol. The molecule has 4 heteroatoms. The summed E-state index contributed by atoms with van der Waals surface area (Å²) in [4.78, 5) is 4.32. The molecule has 2 heterocycles. The molecule has 2 unspecified atom stereocenters. The normalized spacial score (nSPS) is 27.6. The molecule has 20 heavy (non-hydrogen) atoms. The van der Waals surface area contributed by atoms with Crippen LogP contribution in [-0.4, -0.2) is 23.2 Å². The van der Waals surface area contributed by atoms with Crippen molar-refractivity contribution >= 4 is 0 Å². The van der Waals surface area contributed by atoms with E-state index in [0.717, 1.165) is 31.1 Å². The third kappa shape index (κ3) is 3.07. The molecule has 1 spiro atoms. The summed E-state index contributed by atoms with van der Waals surface area (Å²) in [6.45, 7) is 4.96. The highest BCUT2D eigenvalue weighted by Gasteiger charge is 2.38. The number of hydrogen-bond acceptors (Lipinski definition) is 4. The van der Waals surface area contributed by atoms with Gasteiger partial charge in [0, 0.05) is 12.6 Å². The van der Waals surface area contributed by atoms with Crippen LogP contribution < -0.4 is 5.32 Å². The van der Waals surface area contributed by atoms with Crippen LogP contribution in [0.5, 0.6) is 0 Å². The van der Waals surface area contributed by atoms with E-state index in [0.29, 0.717) is 6.04 Å². The monoisotopic (exact) mass is 278 g/mol. The van der Waals surface area contributed by atoms with Crippen molar-refractivity contribution in [3.05, 3.63) is 17.8 Å². The van der Waals surface area contributed by atoms with Crippen molar-refractivity contribution in [1.82, 2.24) is 10.3 Å². The molecule has 0 bridgehead atoms. The molecular formula is C16H26N2O2. The Bertz CT molecular complexity index is 432. The third-order valence-corrected chi connectivity index (χ3v) is 4.75. The molecular weight excluding hydrogens is 252 g/mol. The van der Waals surface area contributed by atoms with Gasteiger partial charge < -0.3 is 14.5 Å². The molecule has 2 atom stereocenters. The second-order valence-corrected chi connectivity index (χ2v) is 6.48. The van der Waals surface area contributed by atoms with Gasteiger partial charge in [0.25, 0.3) is 0 Å². The molecule has 0 radical (unpaired) electrons. The highest BCUT2D eigenvalue weighted by atomic mass is 16.5. The van der Waals surface area contributed by atoms with Crippen LogP contribution in [0.2, 0.25) is 0 Å². The lowest BCUT2D eigenvalue weighted by Gasteiger charge is -2.44. The third-order valence-electron chi connectivity index (χ3n) is 4.75. The van der Waals surface area contributed by atoms with Crippen LogP contribution in [0.3, 0.4) is 0 Å². The molecule has 0 amide bonds. The lowest BCUT2D eigenvalue weighted by molar-refractivity contribution is -0.110. The quantitative estimate of drug-likeness (QED) is 0.919. The smallest absolute Gasteiger partial charge is 0.211 e. The summed E-state index contributed by atoms with van der Waals surface area (Å²) in [7, 11) is 0. The van der Waals surface area contributed by atoms with E-state index in [9.17, 15) is 0 Å². The SMILES string of the molecule is Cc1cnc(C(C)NC2CCOC3(CCCCC3)C2)o1. The second-order valence-electron chi connectivity index (χ2n) is 6.48. The van der Waals surface area contributed by atoms with Gasteiger partial charge in [-0.2, -0.15) is 0 Å². The van der Waals surface area contributed by atoms with E-state index in [1.165, 1.54) is 32.1 Å². The van der Waals surface area contributed by atoms with E-state index in [1.807, 2.05) is 6.92 Å². The molecule has 2 aliphatic rings. The fraction of sp³-hybridized carbons (Fsp3) is 0.812. The van der Waals surface area contributed by atoms with Crippen molar-refractivity contribution in [2.45, 2.75) is 76.5 Å². The Labute approximate surface area is 121 Å². The second kappa shape index (κ2) is 5.86. The first-order valence-electron chi connectivity index (χ1n) is 7.99. The summed E-state index contributed by atoms with van der Waals surface area (Å²) in [5.41, 5.74) is 0.153. The lowest BCUT2D eigenvalue weighted by atomic mass is 9.78. The van der Waals surface area contributed by atoms with Crippen LogP contribution in [0.4, 0.5) is 0 Å². The number of rotatable bonds is 3. The predicted octanol–water partition coefficient (Wildman–Crippen LogP) is 3.52. The number of oxazole rings is 1. The first-order valence-corrected chi connectivity index (χ1v) is 7.99. The first kappa shape index (κ1) is 14.1. The van der Waals surface area contributed by atoms with Crippen LogP contribution in [0.25, 0.3) is 0 Å². The summed E-state index contributed by atoms with van der Waals surface area (Å²) in [5.74, 6) is 1.68. The van der Waals surface area contributed by atoms with Crippen molar-refractivity contribution in [1.29, 1.82) is 0 Å². The highest BCUT2D eigenvalue weighted by molar-refractivity contribution is 4.98. The molecule has 1 aromatic rings. The fourth-order valence-electron chi connectivity index (χ4n) is 3.71. The van der Waals surface area contributed by atoms with Gasteiger partial charge in [-0.3, -0.25) is 0 Å². The zero-order chi connectivity index (χ0) is 14.0. The molecule has 3 rings (SSSR count). The van der Waals surface area contributed by atoms with Crippen LogP contribution in [0.15, 0.2) is 10.6 Å². The molecule has 1 saturated heterocycles. The number of nitrogens with zero attached hydrogens (tertiary/aromatic N) is 1. The van der Waals surface area contributed by atoms with Gasteiger partial charge in [-0.1, -0.05) is 19.3 Å². The molecule has 2 fully saturated rings. The van der Waals surface area contributed by atoms with Gasteiger partial charge in [-0.15, -0.1) is 0 Å². The van der Waals surface area contributed by atoms with Crippen molar-refractivity contribution in [3.63, 3.8) is 0 Å². The maximum Gasteiger partial charge on any atom is 0.211 e. The van der Waals surface area contributed by atoms with Crippen LogP contribution in [0, 0.1) is 6.92 Å². The topological polar surface area (TPSA) is 47.3 Å². The molecule has 1 saturated carbocycles. The van der Waals surface area contributed by atoms with Crippen molar-refractivity contribution in [2.75, 3.05) is 6.61 Å². The van der Waals surface area contributed by atoms with Crippen LogP contribution in [-0.2, 0) is 4.74 Å². The number of aromatic nitrogens is 1. The lowest BCUT2D eigenvalue weighted by Crippen LogP contribution is -2.48. The molecule has 1 aromatic heterocycles. The van der Waals surface area contributed by atoms with Gasteiger partial charge in [-0.05, 0) is 39.5 Å². The Kier molecular flexibility index (Phi) is 4.13. The first-order chi connectivity index (χ1) is 9.67. The summed E-state index contributed by atoms with van der Waals surface area (Å²) >= 11 is 0. The Hall–Kier alpha value is -0.870. The highest BCUT2D eigenvalue weighted by Crippen LogP contribution is 2.38. The average molecular weight is 278 g/mol. The number of nitrogens with one attached hydrogen (secondary N) is 1. The fourth-order valence-corrected chi connectivity index (χ4v) is 3.71. The minimum Gasteiger partial charge on any atom is -0.444 e. The minimum atomic E-state index is 0.153. The van der Waals surface area contributed by atoms with E-state index >= 15 is 0 Å². The van der Waals surface area contributed by atoms with Gasteiger partial charge >= 0.3 is 0 Å². The molecule has 112 valence electrons.